The fourth-order valence-electron chi connectivity index (χ4n) is 2.41. The van der Waals surface area contributed by atoms with Gasteiger partial charge in [-0.05, 0) is 17.7 Å². The Morgan fingerprint density at radius 1 is 1.20 bits per heavy atom. The van der Waals surface area contributed by atoms with E-state index in [0.29, 0.717) is 0 Å². The minimum absolute atomic E-state index is 0.0802. The quantitative estimate of drug-likeness (QED) is 0.844. The van der Waals surface area contributed by atoms with Crippen LogP contribution in [0.2, 0.25) is 0 Å². The second kappa shape index (κ2) is 7.36. The fourth-order valence-corrected chi connectivity index (χ4v) is 2.41. The Morgan fingerprint density at radius 2 is 1.96 bits per heavy atom. The number of carbonyl (C=O) groups excluding carboxylic acids is 2. The van der Waals surface area contributed by atoms with Crippen LogP contribution in [-0.4, -0.2) is 22.4 Å². The molecule has 1 amide bonds. The summed E-state index contributed by atoms with van der Waals surface area (Å²) in [6, 6.07) is 16.0. The largest absolute Gasteiger partial charge is 0.387 e. The van der Waals surface area contributed by atoms with E-state index < -0.39 is 23.7 Å². The van der Waals surface area contributed by atoms with Crippen molar-refractivity contribution in [2.75, 3.05) is 5.32 Å². The van der Waals surface area contributed by atoms with E-state index in [0.717, 1.165) is 5.56 Å². The van der Waals surface area contributed by atoms with E-state index in [4.69, 9.17) is 4.84 Å². The van der Waals surface area contributed by atoms with Crippen LogP contribution >= 0.6 is 0 Å². The molecule has 1 N–H and O–H groups in total. The zero-order chi connectivity index (χ0) is 17.6. The van der Waals surface area contributed by atoms with Crippen molar-refractivity contribution in [3.05, 3.63) is 60.3 Å². The zero-order valence-electron chi connectivity index (χ0n) is 13.1. The smallest absolute Gasteiger partial charge is 0.250 e. The van der Waals surface area contributed by atoms with Crippen LogP contribution in [0, 0.1) is 17.2 Å². The molecule has 7 heteroatoms. The lowest BCUT2D eigenvalue weighted by Crippen LogP contribution is -2.33. The first-order valence-electron chi connectivity index (χ1n) is 7.62. The van der Waals surface area contributed by atoms with E-state index in [1.807, 2.05) is 30.3 Å². The second-order valence-corrected chi connectivity index (χ2v) is 5.38. The molecule has 0 spiro atoms. The van der Waals surface area contributed by atoms with Crippen LogP contribution in [0.5, 0.6) is 0 Å². The molecule has 0 aliphatic carbocycles. The van der Waals surface area contributed by atoms with Gasteiger partial charge < -0.3 is 10.2 Å². The summed E-state index contributed by atoms with van der Waals surface area (Å²) < 4.78 is 0. The van der Waals surface area contributed by atoms with E-state index in [1.165, 1.54) is 6.20 Å². The lowest BCUT2D eigenvalue weighted by Gasteiger charge is -2.09. The third kappa shape index (κ3) is 3.70. The van der Waals surface area contributed by atoms with Gasteiger partial charge in [0.2, 0.25) is 5.78 Å². The van der Waals surface area contributed by atoms with Crippen LogP contribution in [0.4, 0.5) is 5.82 Å². The van der Waals surface area contributed by atoms with Crippen molar-refractivity contribution in [3.8, 4) is 6.07 Å². The average Bonchev–Trinajstić information content (AvgIpc) is 3.14. The number of nitriles is 1. The molecule has 1 aliphatic heterocycles. The van der Waals surface area contributed by atoms with Gasteiger partial charge in [0.05, 0.1) is 6.07 Å². The minimum Gasteiger partial charge on any atom is -0.387 e. The molecule has 2 heterocycles. The van der Waals surface area contributed by atoms with Gasteiger partial charge in [-0.25, -0.2) is 4.98 Å². The number of benzene rings is 1. The SMILES string of the molecule is N#CC(C(=O)Nc1ccccn1)C(=O)C1=NOC(c2ccccc2)C1. The maximum absolute atomic E-state index is 12.5. The first-order chi connectivity index (χ1) is 12.2. The van der Waals surface area contributed by atoms with Crippen molar-refractivity contribution in [3.63, 3.8) is 0 Å². The molecule has 124 valence electrons. The predicted molar refractivity (Wildman–Crippen MR) is 89.3 cm³/mol. The van der Waals surface area contributed by atoms with Crippen molar-refractivity contribution in [2.24, 2.45) is 11.1 Å². The average molecular weight is 334 g/mol. The van der Waals surface area contributed by atoms with Crippen molar-refractivity contribution < 1.29 is 14.4 Å². The van der Waals surface area contributed by atoms with Gasteiger partial charge >= 0.3 is 0 Å². The zero-order valence-corrected chi connectivity index (χ0v) is 13.1. The number of aromatic nitrogens is 1. The Hall–Kier alpha value is -3.53. The molecule has 3 rings (SSSR count). The van der Waals surface area contributed by atoms with Crippen LogP contribution in [0.25, 0.3) is 0 Å². The van der Waals surface area contributed by atoms with E-state index in [-0.39, 0.29) is 18.0 Å². The summed E-state index contributed by atoms with van der Waals surface area (Å²) in [7, 11) is 0. The van der Waals surface area contributed by atoms with Crippen LogP contribution in [0.15, 0.2) is 59.9 Å². The summed E-state index contributed by atoms with van der Waals surface area (Å²) in [5.41, 5.74) is 0.956. The Labute approximate surface area is 143 Å². The van der Waals surface area contributed by atoms with E-state index in [2.05, 4.69) is 15.5 Å². The van der Waals surface area contributed by atoms with Gasteiger partial charge in [0.15, 0.2) is 12.0 Å². The molecule has 2 atom stereocenters. The summed E-state index contributed by atoms with van der Waals surface area (Å²) in [4.78, 5) is 33.9. The summed E-state index contributed by atoms with van der Waals surface area (Å²) in [5, 5.41) is 15.5. The van der Waals surface area contributed by atoms with Gasteiger partial charge in [0.1, 0.15) is 11.5 Å². The van der Waals surface area contributed by atoms with Gasteiger partial charge in [-0.15, -0.1) is 0 Å². The molecule has 1 aromatic heterocycles. The molecule has 1 aliphatic rings. The molecular formula is C18H14N4O3. The minimum atomic E-state index is -1.50. The van der Waals surface area contributed by atoms with Crippen LogP contribution in [0.3, 0.4) is 0 Å². The highest BCUT2D eigenvalue weighted by Crippen LogP contribution is 2.28. The summed E-state index contributed by atoms with van der Waals surface area (Å²) >= 11 is 0. The summed E-state index contributed by atoms with van der Waals surface area (Å²) in [6.45, 7) is 0. The maximum atomic E-state index is 12.5. The second-order valence-electron chi connectivity index (χ2n) is 5.38. The number of amides is 1. The first kappa shape index (κ1) is 16.3. The molecule has 0 saturated heterocycles. The van der Waals surface area contributed by atoms with Crippen LogP contribution in [0.1, 0.15) is 18.1 Å². The highest BCUT2D eigenvalue weighted by Gasteiger charge is 2.35. The molecule has 1 aromatic carbocycles. The first-order valence-corrected chi connectivity index (χ1v) is 7.62. The van der Waals surface area contributed by atoms with Crippen molar-refractivity contribution >= 4 is 23.2 Å². The molecule has 7 nitrogen and oxygen atoms in total. The Balaban J connectivity index is 1.67. The van der Waals surface area contributed by atoms with Gasteiger partial charge in [0.25, 0.3) is 5.91 Å². The summed E-state index contributed by atoms with van der Waals surface area (Å²) in [6.07, 6.45) is 1.33. The predicted octanol–water partition coefficient (Wildman–Crippen LogP) is 2.25. The van der Waals surface area contributed by atoms with Crippen LogP contribution in [-0.2, 0) is 14.4 Å². The molecular weight excluding hydrogens is 320 g/mol. The number of carbonyl (C=O) groups is 2. The number of hydrogen-bond donors (Lipinski definition) is 1. The van der Waals surface area contributed by atoms with Gasteiger partial charge in [-0.2, -0.15) is 5.26 Å². The standard InChI is InChI=1S/C18H14N4O3/c19-11-13(18(24)21-16-8-4-5-9-20-16)17(23)14-10-15(25-22-14)12-6-2-1-3-7-12/h1-9,13,15H,10H2,(H,20,21,24). The highest BCUT2D eigenvalue weighted by molar-refractivity contribution is 6.45. The Morgan fingerprint density at radius 3 is 2.64 bits per heavy atom. The third-order valence-corrected chi connectivity index (χ3v) is 3.69. The van der Waals surface area contributed by atoms with Gasteiger partial charge in [-0.3, -0.25) is 9.59 Å². The number of rotatable bonds is 5. The maximum Gasteiger partial charge on any atom is 0.250 e. The Bertz CT molecular complexity index is 844. The van der Waals surface area contributed by atoms with Gasteiger partial charge in [-0.1, -0.05) is 41.6 Å². The fraction of sp³-hybridized carbons (Fsp3) is 0.167. The van der Waals surface area contributed by atoms with E-state index in [1.54, 1.807) is 24.3 Å². The van der Waals surface area contributed by atoms with E-state index in [9.17, 15) is 14.9 Å². The molecule has 0 saturated carbocycles. The molecule has 0 fully saturated rings. The lowest BCUT2D eigenvalue weighted by atomic mass is 9.96. The number of pyridine rings is 1. The number of Topliss-reactive ketones (excluding diaryl/α,β-unsaturated/α-hetero) is 1. The number of ketones is 1. The van der Waals surface area contributed by atoms with Crippen molar-refractivity contribution in [1.29, 1.82) is 5.26 Å². The monoisotopic (exact) mass is 334 g/mol. The third-order valence-electron chi connectivity index (χ3n) is 3.69. The topological polar surface area (TPSA) is 104 Å². The molecule has 2 unspecified atom stereocenters. The number of nitrogens with zero attached hydrogens (tertiary/aromatic N) is 3. The van der Waals surface area contributed by atoms with Crippen molar-refractivity contribution in [1.82, 2.24) is 4.98 Å². The number of anilines is 1. The summed E-state index contributed by atoms with van der Waals surface area (Å²) in [5.74, 6) is -2.63. The molecule has 0 bridgehead atoms. The highest BCUT2D eigenvalue weighted by atomic mass is 16.6. The lowest BCUT2D eigenvalue weighted by molar-refractivity contribution is -0.125. The van der Waals surface area contributed by atoms with Gasteiger partial charge in [0, 0.05) is 12.6 Å². The molecule has 25 heavy (non-hydrogen) atoms. The normalized spacial score (nSPS) is 16.9. The number of nitrogens with one attached hydrogen (secondary N) is 1. The molecule has 0 radical (unpaired) electrons. The molecule has 2 aromatic rings. The Kier molecular flexibility index (Phi) is 4.81. The van der Waals surface area contributed by atoms with Crippen LogP contribution < -0.4 is 5.32 Å². The number of oxime groups is 1. The van der Waals surface area contributed by atoms with E-state index >= 15 is 0 Å². The number of hydrogen-bond acceptors (Lipinski definition) is 6. The van der Waals surface area contributed by atoms with Crippen molar-refractivity contribution in [2.45, 2.75) is 12.5 Å².